The van der Waals surface area contributed by atoms with Crippen LogP contribution < -0.4 is 16.4 Å². The van der Waals surface area contributed by atoms with E-state index in [1.165, 1.54) is 0 Å². The second-order valence-electron chi connectivity index (χ2n) is 5.82. The van der Waals surface area contributed by atoms with Crippen molar-refractivity contribution in [2.24, 2.45) is 11.1 Å². The predicted octanol–water partition coefficient (Wildman–Crippen LogP) is 0.792. The average Bonchev–Trinajstić information content (AvgIpc) is 2.41. The van der Waals surface area contributed by atoms with E-state index >= 15 is 0 Å². The fourth-order valence-electron chi connectivity index (χ4n) is 1.53. The Morgan fingerprint density at radius 3 is 2.30 bits per heavy atom. The molecule has 5 heteroatoms. The number of carbonyl (C=O) groups is 2. The van der Waals surface area contributed by atoms with Crippen LogP contribution in [0.3, 0.4) is 0 Å². The molecule has 1 aromatic rings. The maximum atomic E-state index is 11.8. The summed E-state index contributed by atoms with van der Waals surface area (Å²) in [6.07, 6.45) is 0. The van der Waals surface area contributed by atoms with E-state index < -0.39 is 6.04 Å². The van der Waals surface area contributed by atoms with Gasteiger partial charge in [-0.3, -0.25) is 9.59 Å². The molecule has 2 amide bonds. The van der Waals surface area contributed by atoms with Gasteiger partial charge in [0.1, 0.15) is 0 Å². The highest BCUT2D eigenvalue weighted by Gasteiger charge is 2.27. The lowest BCUT2D eigenvalue weighted by Crippen LogP contribution is -2.50. The van der Waals surface area contributed by atoms with E-state index in [0.717, 1.165) is 5.56 Å². The number of hydrogen-bond acceptors (Lipinski definition) is 3. The Hall–Kier alpha value is -1.88. The number of nitrogens with one attached hydrogen (secondary N) is 2. The van der Waals surface area contributed by atoms with E-state index in [9.17, 15) is 9.59 Å². The lowest BCUT2D eigenvalue weighted by Gasteiger charge is -2.25. The van der Waals surface area contributed by atoms with E-state index in [1.54, 1.807) is 0 Å². The van der Waals surface area contributed by atoms with Gasteiger partial charge < -0.3 is 16.4 Å². The number of carbonyl (C=O) groups excluding carboxylic acids is 2. The van der Waals surface area contributed by atoms with Crippen molar-refractivity contribution in [1.82, 2.24) is 10.6 Å². The molecular weight excluding hydrogens is 254 g/mol. The second-order valence-corrected chi connectivity index (χ2v) is 5.82. The second kappa shape index (κ2) is 7.05. The topological polar surface area (TPSA) is 84.2 Å². The normalized spacial score (nSPS) is 12.6. The van der Waals surface area contributed by atoms with Crippen LogP contribution in [0.5, 0.6) is 0 Å². The molecule has 1 atom stereocenters. The largest absolute Gasteiger partial charge is 0.350 e. The Balaban J connectivity index is 2.32. The van der Waals surface area contributed by atoms with Gasteiger partial charge in [-0.15, -0.1) is 0 Å². The standard InChI is InChI=1S/C15H23N3O2/c1-15(2,3)13(16)14(20)18-10-12(19)17-9-11-7-5-4-6-8-11/h4-8,13H,9-10,16H2,1-3H3,(H,17,19)(H,18,20)/t13-/m0/s1. The molecule has 0 aromatic heterocycles. The number of nitrogens with two attached hydrogens (primary N) is 1. The molecule has 1 aromatic carbocycles. The quantitative estimate of drug-likeness (QED) is 0.744. The number of amides is 2. The van der Waals surface area contributed by atoms with Crippen LogP contribution in [0.1, 0.15) is 26.3 Å². The van der Waals surface area contributed by atoms with Gasteiger partial charge in [0.15, 0.2) is 0 Å². The summed E-state index contributed by atoms with van der Waals surface area (Å²) >= 11 is 0. The summed E-state index contributed by atoms with van der Waals surface area (Å²) in [5.74, 6) is -0.546. The molecule has 0 radical (unpaired) electrons. The maximum Gasteiger partial charge on any atom is 0.239 e. The zero-order valence-electron chi connectivity index (χ0n) is 12.3. The molecule has 0 spiro atoms. The van der Waals surface area contributed by atoms with Crippen molar-refractivity contribution in [1.29, 1.82) is 0 Å². The van der Waals surface area contributed by atoms with Crippen LogP contribution in [0.2, 0.25) is 0 Å². The van der Waals surface area contributed by atoms with Gasteiger partial charge in [-0.2, -0.15) is 0 Å². The third kappa shape index (κ3) is 5.40. The summed E-state index contributed by atoms with van der Waals surface area (Å²) in [5, 5.41) is 5.29. The van der Waals surface area contributed by atoms with Crippen molar-refractivity contribution in [2.75, 3.05) is 6.54 Å². The summed E-state index contributed by atoms with van der Waals surface area (Å²) < 4.78 is 0. The molecule has 0 bridgehead atoms. The molecule has 0 aliphatic heterocycles. The zero-order valence-corrected chi connectivity index (χ0v) is 12.3. The average molecular weight is 277 g/mol. The van der Waals surface area contributed by atoms with Gasteiger partial charge in [0, 0.05) is 6.54 Å². The third-order valence-corrected chi connectivity index (χ3v) is 2.97. The summed E-state index contributed by atoms with van der Waals surface area (Å²) in [5.41, 5.74) is 6.49. The molecule has 20 heavy (non-hydrogen) atoms. The van der Waals surface area contributed by atoms with Crippen LogP contribution in [0.15, 0.2) is 30.3 Å². The van der Waals surface area contributed by atoms with Crippen LogP contribution in [0.4, 0.5) is 0 Å². The van der Waals surface area contributed by atoms with Gasteiger partial charge in [-0.25, -0.2) is 0 Å². The molecule has 0 saturated carbocycles. The maximum absolute atomic E-state index is 11.8. The summed E-state index contributed by atoms with van der Waals surface area (Å²) in [4.78, 5) is 23.4. The minimum absolute atomic E-state index is 0.0601. The van der Waals surface area contributed by atoms with Gasteiger partial charge in [-0.1, -0.05) is 51.1 Å². The first-order valence-electron chi connectivity index (χ1n) is 6.64. The molecule has 4 N–H and O–H groups in total. The van der Waals surface area contributed by atoms with Crippen LogP contribution in [0.25, 0.3) is 0 Å². The molecule has 110 valence electrons. The van der Waals surface area contributed by atoms with Crippen LogP contribution in [-0.4, -0.2) is 24.4 Å². The Bertz CT molecular complexity index is 452. The lowest BCUT2D eigenvalue weighted by atomic mass is 9.87. The minimum Gasteiger partial charge on any atom is -0.350 e. The van der Waals surface area contributed by atoms with Gasteiger partial charge in [0.2, 0.25) is 11.8 Å². The van der Waals surface area contributed by atoms with Crippen LogP contribution >= 0.6 is 0 Å². The van der Waals surface area contributed by atoms with Crippen molar-refractivity contribution in [3.8, 4) is 0 Å². The van der Waals surface area contributed by atoms with Gasteiger partial charge in [0.25, 0.3) is 0 Å². The van der Waals surface area contributed by atoms with Crippen molar-refractivity contribution in [2.45, 2.75) is 33.4 Å². The minimum atomic E-state index is -0.635. The van der Waals surface area contributed by atoms with Crippen molar-refractivity contribution in [3.05, 3.63) is 35.9 Å². The van der Waals surface area contributed by atoms with Gasteiger partial charge >= 0.3 is 0 Å². The fourth-order valence-corrected chi connectivity index (χ4v) is 1.53. The number of benzene rings is 1. The molecule has 0 unspecified atom stereocenters. The lowest BCUT2D eigenvalue weighted by molar-refractivity contribution is -0.128. The number of rotatable bonds is 5. The van der Waals surface area contributed by atoms with E-state index in [1.807, 2.05) is 51.1 Å². The van der Waals surface area contributed by atoms with Gasteiger partial charge in [-0.05, 0) is 11.0 Å². The smallest absolute Gasteiger partial charge is 0.239 e. The highest BCUT2D eigenvalue weighted by atomic mass is 16.2. The number of hydrogen-bond donors (Lipinski definition) is 3. The van der Waals surface area contributed by atoms with Crippen molar-refractivity contribution >= 4 is 11.8 Å². The zero-order chi connectivity index (χ0) is 15.2. The SMILES string of the molecule is CC(C)(C)[C@@H](N)C(=O)NCC(=O)NCc1ccccc1. The molecule has 1 rings (SSSR count). The van der Waals surface area contributed by atoms with Crippen molar-refractivity contribution < 1.29 is 9.59 Å². The molecular formula is C15H23N3O2. The van der Waals surface area contributed by atoms with E-state index in [2.05, 4.69) is 10.6 Å². The van der Waals surface area contributed by atoms with E-state index in [0.29, 0.717) is 6.54 Å². The first-order valence-corrected chi connectivity index (χ1v) is 6.64. The highest BCUT2D eigenvalue weighted by Crippen LogP contribution is 2.16. The molecule has 0 aliphatic carbocycles. The predicted molar refractivity (Wildman–Crippen MR) is 78.7 cm³/mol. The van der Waals surface area contributed by atoms with Gasteiger partial charge in [0.05, 0.1) is 12.6 Å². The molecule has 0 fully saturated rings. The molecule has 0 saturated heterocycles. The van der Waals surface area contributed by atoms with Crippen LogP contribution in [0, 0.1) is 5.41 Å². The molecule has 0 aliphatic rings. The van der Waals surface area contributed by atoms with Crippen molar-refractivity contribution in [3.63, 3.8) is 0 Å². The Morgan fingerprint density at radius 2 is 1.75 bits per heavy atom. The molecule has 5 nitrogen and oxygen atoms in total. The summed E-state index contributed by atoms with van der Waals surface area (Å²) in [7, 11) is 0. The first-order chi connectivity index (χ1) is 9.30. The Kier molecular flexibility index (Phi) is 5.70. The van der Waals surface area contributed by atoms with E-state index in [4.69, 9.17) is 5.73 Å². The Morgan fingerprint density at radius 1 is 1.15 bits per heavy atom. The summed E-state index contributed by atoms with van der Waals surface area (Å²) in [6, 6.07) is 8.95. The molecule has 0 heterocycles. The Labute approximate surface area is 119 Å². The van der Waals surface area contributed by atoms with E-state index in [-0.39, 0.29) is 23.8 Å². The monoisotopic (exact) mass is 277 g/mol. The third-order valence-electron chi connectivity index (χ3n) is 2.97. The van der Waals surface area contributed by atoms with Crippen LogP contribution in [-0.2, 0) is 16.1 Å². The summed E-state index contributed by atoms with van der Waals surface area (Å²) in [6.45, 7) is 6.03. The fraction of sp³-hybridized carbons (Fsp3) is 0.467. The highest BCUT2D eigenvalue weighted by molar-refractivity contribution is 5.87. The first kappa shape index (κ1) is 16.2.